The van der Waals surface area contributed by atoms with Crippen molar-refractivity contribution in [3.63, 3.8) is 0 Å². The average molecular weight is 196 g/mol. The van der Waals surface area contributed by atoms with Gasteiger partial charge in [-0.2, -0.15) is 0 Å². The minimum atomic E-state index is -0.811. The maximum atomic E-state index is 11.6. The van der Waals surface area contributed by atoms with Crippen molar-refractivity contribution in [2.75, 3.05) is 26.2 Å². The Bertz CT molecular complexity index is 286. The predicted molar refractivity (Wildman–Crippen MR) is 48.8 cm³/mol. The molecule has 5 nitrogen and oxygen atoms in total. The minimum absolute atomic E-state index is 0.0486. The zero-order valence-electron chi connectivity index (χ0n) is 7.72. The Kier molecular flexibility index (Phi) is 2.15. The summed E-state index contributed by atoms with van der Waals surface area (Å²) in [5, 5.41) is 8.63. The van der Waals surface area contributed by atoms with Crippen molar-refractivity contribution in [2.24, 2.45) is 5.92 Å². The van der Waals surface area contributed by atoms with Crippen LogP contribution in [0.15, 0.2) is 12.2 Å². The van der Waals surface area contributed by atoms with Crippen LogP contribution in [0.5, 0.6) is 0 Å². The molecule has 0 atom stereocenters. The van der Waals surface area contributed by atoms with Gasteiger partial charge in [-0.25, -0.2) is 4.79 Å². The van der Waals surface area contributed by atoms with Crippen LogP contribution in [0.3, 0.4) is 0 Å². The standard InChI is InChI=1S/C9H12N2O3/c12-8(13)7-5-11(6-7)9(14)10-3-1-2-4-10/h1-2,7H,3-6H2,(H,12,13). The van der Waals surface area contributed by atoms with Crippen LogP contribution in [-0.4, -0.2) is 53.1 Å². The van der Waals surface area contributed by atoms with Gasteiger partial charge in [0, 0.05) is 26.2 Å². The van der Waals surface area contributed by atoms with E-state index >= 15 is 0 Å². The Balaban J connectivity index is 1.81. The summed E-state index contributed by atoms with van der Waals surface area (Å²) in [6, 6.07) is -0.0486. The molecule has 1 N–H and O–H groups in total. The highest BCUT2D eigenvalue weighted by Gasteiger charge is 2.37. The normalized spacial score (nSPS) is 21.1. The SMILES string of the molecule is O=C(O)C1CN(C(=O)N2CC=CC2)C1. The molecule has 0 aromatic carbocycles. The van der Waals surface area contributed by atoms with Crippen molar-refractivity contribution in [3.8, 4) is 0 Å². The Morgan fingerprint density at radius 3 is 2.21 bits per heavy atom. The van der Waals surface area contributed by atoms with E-state index in [9.17, 15) is 9.59 Å². The summed E-state index contributed by atoms with van der Waals surface area (Å²) in [4.78, 5) is 25.4. The number of rotatable bonds is 1. The number of nitrogens with zero attached hydrogens (tertiary/aromatic N) is 2. The van der Waals surface area contributed by atoms with Gasteiger partial charge in [0.1, 0.15) is 0 Å². The number of carbonyl (C=O) groups excluding carboxylic acids is 1. The van der Waals surface area contributed by atoms with Gasteiger partial charge in [-0.3, -0.25) is 4.79 Å². The molecule has 2 amide bonds. The summed E-state index contributed by atoms with van der Waals surface area (Å²) in [6.45, 7) is 2.00. The fourth-order valence-electron chi connectivity index (χ4n) is 1.63. The summed E-state index contributed by atoms with van der Waals surface area (Å²) in [6.07, 6.45) is 3.87. The van der Waals surface area contributed by atoms with E-state index in [1.54, 1.807) is 9.80 Å². The van der Waals surface area contributed by atoms with Crippen molar-refractivity contribution in [1.82, 2.24) is 9.80 Å². The Morgan fingerprint density at radius 1 is 1.14 bits per heavy atom. The Hall–Kier alpha value is -1.52. The second kappa shape index (κ2) is 3.32. The molecule has 0 radical (unpaired) electrons. The van der Waals surface area contributed by atoms with Gasteiger partial charge in [-0.15, -0.1) is 0 Å². The second-order valence-corrected chi connectivity index (χ2v) is 3.60. The number of aliphatic carboxylic acids is 1. The van der Waals surface area contributed by atoms with Crippen LogP contribution in [0, 0.1) is 5.92 Å². The lowest BCUT2D eigenvalue weighted by atomic mass is 10.0. The molecule has 1 fully saturated rings. The molecule has 14 heavy (non-hydrogen) atoms. The summed E-state index contributed by atoms with van der Waals surface area (Å²) in [5.41, 5.74) is 0. The van der Waals surface area contributed by atoms with Gasteiger partial charge in [0.2, 0.25) is 0 Å². The third-order valence-corrected chi connectivity index (χ3v) is 2.59. The maximum absolute atomic E-state index is 11.6. The zero-order valence-corrected chi connectivity index (χ0v) is 7.72. The molecule has 0 aromatic rings. The molecule has 2 heterocycles. The fourth-order valence-corrected chi connectivity index (χ4v) is 1.63. The molecular formula is C9H12N2O3. The fraction of sp³-hybridized carbons (Fsp3) is 0.556. The van der Waals surface area contributed by atoms with Gasteiger partial charge in [-0.1, -0.05) is 12.2 Å². The van der Waals surface area contributed by atoms with Crippen molar-refractivity contribution < 1.29 is 14.7 Å². The first-order chi connectivity index (χ1) is 6.68. The largest absolute Gasteiger partial charge is 0.481 e. The highest BCUT2D eigenvalue weighted by molar-refractivity contribution is 5.80. The number of likely N-dealkylation sites (tertiary alicyclic amines) is 1. The smallest absolute Gasteiger partial charge is 0.320 e. The summed E-state index contributed by atoms with van der Waals surface area (Å²) >= 11 is 0. The molecule has 0 bridgehead atoms. The van der Waals surface area contributed by atoms with Crippen molar-refractivity contribution >= 4 is 12.0 Å². The quantitative estimate of drug-likeness (QED) is 0.600. The van der Waals surface area contributed by atoms with E-state index in [1.165, 1.54) is 0 Å². The van der Waals surface area contributed by atoms with E-state index in [4.69, 9.17) is 5.11 Å². The molecule has 0 spiro atoms. The van der Waals surface area contributed by atoms with Crippen LogP contribution in [0.2, 0.25) is 0 Å². The monoisotopic (exact) mass is 196 g/mol. The molecule has 0 aliphatic carbocycles. The summed E-state index contributed by atoms with van der Waals surface area (Å²) < 4.78 is 0. The average Bonchev–Trinajstić information content (AvgIpc) is 2.51. The lowest BCUT2D eigenvalue weighted by molar-refractivity contribution is -0.146. The van der Waals surface area contributed by atoms with Gasteiger partial charge in [0.15, 0.2) is 0 Å². The first kappa shape index (κ1) is 9.05. The third-order valence-electron chi connectivity index (χ3n) is 2.59. The van der Waals surface area contributed by atoms with E-state index < -0.39 is 5.97 Å². The molecule has 5 heteroatoms. The topological polar surface area (TPSA) is 60.9 Å². The van der Waals surface area contributed by atoms with Gasteiger partial charge >= 0.3 is 12.0 Å². The molecule has 76 valence electrons. The number of carboxylic acid groups (broad SMARTS) is 1. The van der Waals surface area contributed by atoms with Crippen molar-refractivity contribution in [1.29, 1.82) is 0 Å². The van der Waals surface area contributed by atoms with E-state index in [1.807, 2.05) is 12.2 Å². The molecule has 2 aliphatic rings. The van der Waals surface area contributed by atoms with Gasteiger partial charge in [0.05, 0.1) is 5.92 Å². The number of carbonyl (C=O) groups is 2. The van der Waals surface area contributed by atoms with Crippen LogP contribution in [0.4, 0.5) is 4.79 Å². The number of hydrogen-bond donors (Lipinski definition) is 1. The molecule has 2 aliphatic heterocycles. The van der Waals surface area contributed by atoms with Gasteiger partial charge in [-0.05, 0) is 0 Å². The van der Waals surface area contributed by atoms with Crippen LogP contribution in [-0.2, 0) is 4.79 Å². The number of hydrogen-bond acceptors (Lipinski definition) is 2. The van der Waals surface area contributed by atoms with E-state index in [0.717, 1.165) is 0 Å². The van der Waals surface area contributed by atoms with Crippen LogP contribution in [0.25, 0.3) is 0 Å². The maximum Gasteiger partial charge on any atom is 0.320 e. The molecular weight excluding hydrogens is 184 g/mol. The van der Waals surface area contributed by atoms with Crippen LogP contribution in [0.1, 0.15) is 0 Å². The summed E-state index contributed by atoms with van der Waals surface area (Å²) in [7, 11) is 0. The first-order valence-electron chi connectivity index (χ1n) is 4.60. The van der Waals surface area contributed by atoms with Gasteiger partial charge in [0.25, 0.3) is 0 Å². The highest BCUT2D eigenvalue weighted by atomic mass is 16.4. The molecule has 0 aromatic heterocycles. The molecule has 1 saturated heterocycles. The Morgan fingerprint density at radius 2 is 1.71 bits per heavy atom. The van der Waals surface area contributed by atoms with Gasteiger partial charge < -0.3 is 14.9 Å². The molecule has 0 unspecified atom stereocenters. The summed E-state index contributed by atoms with van der Waals surface area (Å²) in [5.74, 6) is -1.18. The molecule has 0 saturated carbocycles. The number of carboxylic acids is 1. The van der Waals surface area contributed by atoms with E-state index in [0.29, 0.717) is 26.2 Å². The zero-order chi connectivity index (χ0) is 10.1. The lowest BCUT2D eigenvalue weighted by Gasteiger charge is -2.38. The minimum Gasteiger partial charge on any atom is -0.481 e. The number of amides is 2. The van der Waals surface area contributed by atoms with Crippen LogP contribution < -0.4 is 0 Å². The molecule has 2 rings (SSSR count). The first-order valence-corrected chi connectivity index (χ1v) is 4.60. The highest BCUT2D eigenvalue weighted by Crippen LogP contribution is 2.18. The van der Waals surface area contributed by atoms with Crippen molar-refractivity contribution in [3.05, 3.63) is 12.2 Å². The lowest BCUT2D eigenvalue weighted by Crippen LogP contribution is -2.56. The van der Waals surface area contributed by atoms with E-state index in [-0.39, 0.29) is 11.9 Å². The number of urea groups is 1. The third kappa shape index (κ3) is 1.45. The van der Waals surface area contributed by atoms with Crippen molar-refractivity contribution in [2.45, 2.75) is 0 Å². The van der Waals surface area contributed by atoms with E-state index in [2.05, 4.69) is 0 Å². The Labute approximate surface area is 81.6 Å². The second-order valence-electron chi connectivity index (χ2n) is 3.60. The predicted octanol–water partition coefficient (Wildman–Crippen LogP) is -0.00540. The van der Waals surface area contributed by atoms with Crippen LogP contribution >= 0.6 is 0 Å².